The molecule has 198 valence electrons. The Morgan fingerprint density at radius 3 is 2.03 bits per heavy atom. The molecule has 11 N–H and O–H groups in total. The first-order chi connectivity index (χ1) is 17.0. The highest BCUT2D eigenvalue weighted by atomic mass is 16.4. The number of guanidine groups is 1. The molecule has 0 saturated carbocycles. The molecule has 0 spiro atoms. The van der Waals surface area contributed by atoms with Gasteiger partial charge in [0.25, 0.3) is 0 Å². The lowest BCUT2D eigenvalue weighted by molar-refractivity contribution is -0.143. The summed E-state index contributed by atoms with van der Waals surface area (Å²) in [5.74, 6) is -4.88. The monoisotopic (exact) mass is 507 g/mol. The van der Waals surface area contributed by atoms with Gasteiger partial charge in [-0.3, -0.25) is 24.2 Å². The van der Waals surface area contributed by atoms with Crippen LogP contribution in [0.25, 0.3) is 0 Å². The minimum Gasteiger partial charge on any atom is -0.481 e. The predicted octanol–water partition coefficient (Wildman–Crippen LogP) is -2.35. The lowest BCUT2D eigenvalue weighted by atomic mass is 10.0. The molecule has 0 aliphatic rings. The summed E-state index contributed by atoms with van der Waals surface area (Å²) in [5.41, 5.74) is 16.6. The average Bonchev–Trinajstić information content (AvgIpc) is 2.82. The van der Waals surface area contributed by atoms with Crippen LogP contribution in [0.2, 0.25) is 0 Å². The summed E-state index contributed by atoms with van der Waals surface area (Å²) >= 11 is 0. The van der Waals surface area contributed by atoms with E-state index in [2.05, 4.69) is 20.9 Å². The molecule has 1 aromatic rings. The fraction of sp³-hybridized carbons (Fsp3) is 0.455. The van der Waals surface area contributed by atoms with E-state index in [-0.39, 0.29) is 38.3 Å². The molecule has 0 aliphatic carbocycles. The van der Waals surface area contributed by atoms with Crippen molar-refractivity contribution in [1.29, 1.82) is 0 Å². The number of hydrogen-bond donors (Lipinski definition) is 8. The molecule has 3 unspecified atom stereocenters. The summed E-state index contributed by atoms with van der Waals surface area (Å²) in [6, 6.07) is 4.89. The molecule has 0 aromatic heterocycles. The highest BCUT2D eigenvalue weighted by Gasteiger charge is 2.29. The van der Waals surface area contributed by atoms with Crippen LogP contribution in [0.1, 0.15) is 31.2 Å². The molecule has 3 atom stereocenters. The maximum atomic E-state index is 13.0. The average molecular weight is 508 g/mol. The second-order valence-corrected chi connectivity index (χ2v) is 7.86. The Morgan fingerprint density at radius 2 is 1.47 bits per heavy atom. The van der Waals surface area contributed by atoms with Gasteiger partial charge in [-0.2, -0.15) is 0 Å². The molecule has 1 aromatic carbocycles. The van der Waals surface area contributed by atoms with Gasteiger partial charge in [0.15, 0.2) is 5.96 Å². The van der Waals surface area contributed by atoms with Gasteiger partial charge in [0.2, 0.25) is 17.7 Å². The maximum absolute atomic E-state index is 13.0. The highest BCUT2D eigenvalue weighted by Crippen LogP contribution is 2.07. The summed E-state index contributed by atoms with van der Waals surface area (Å²) in [4.78, 5) is 64.1. The molecule has 36 heavy (non-hydrogen) atoms. The number of aliphatic carboxylic acids is 2. The Bertz CT molecular complexity index is 936. The third-order valence-corrected chi connectivity index (χ3v) is 4.96. The number of hydrogen-bond acceptors (Lipinski definition) is 7. The van der Waals surface area contributed by atoms with Crippen molar-refractivity contribution in [3.63, 3.8) is 0 Å². The smallest absolute Gasteiger partial charge is 0.326 e. The van der Waals surface area contributed by atoms with Gasteiger partial charge in [-0.15, -0.1) is 0 Å². The van der Waals surface area contributed by atoms with Crippen molar-refractivity contribution < 1.29 is 34.2 Å². The van der Waals surface area contributed by atoms with Gasteiger partial charge in [-0.05, 0) is 24.8 Å². The number of nitrogens with two attached hydrogens (primary N) is 3. The third kappa shape index (κ3) is 11.8. The van der Waals surface area contributed by atoms with Gasteiger partial charge < -0.3 is 43.4 Å². The largest absolute Gasteiger partial charge is 0.481 e. The molecule has 0 radical (unpaired) electrons. The van der Waals surface area contributed by atoms with Crippen molar-refractivity contribution in [3.8, 4) is 0 Å². The standard InChI is InChI=1S/C22H33N7O7/c23-12-17(30)27-14(7-4-10-26-22(24)25)19(33)29-16(11-13-5-2-1-3-6-13)20(34)28-15(21(35)36)8-9-18(31)32/h1-3,5-6,14-16H,4,7-12,23H2,(H,27,30)(H,28,34)(H,29,33)(H,31,32)(H,35,36)(H4,24,25,26). The highest BCUT2D eigenvalue weighted by molar-refractivity contribution is 5.93. The van der Waals surface area contributed by atoms with Crippen molar-refractivity contribution in [1.82, 2.24) is 16.0 Å². The second-order valence-electron chi connectivity index (χ2n) is 7.86. The molecule has 0 saturated heterocycles. The van der Waals surface area contributed by atoms with Gasteiger partial charge >= 0.3 is 11.9 Å². The molecule has 0 aliphatic heterocycles. The number of carbonyl (C=O) groups is 5. The van der Waals surface area contributed by atoms with Crippen LogP contribution in [-0.2, 0) is 30.4 Å². The van der Waals surface area contributed by atoms with Crippen molar-refractivity contribution in [2.24, 2.45) is 22.2 Å². The molecular weight excluding hydrogens is 474 g/mol. The van der Waals surface area contributed by atoms with E-state index in [1.807, 2.05) is 0 Å². The van der Waals surface area contributed by atoms with E-state index < -0.39 is 54.2 Å². The summed E-state index contributed by atoms with van der Waals surface area (Å²) in [6.45, 7) is -0.169. The first kappa shape index (κ1) is 29.8. The van der Waals surface area contributed by atoms with E-state index >= 15 is 0 Å². The second kappa shape index (κ2) is 15.7. The van der Waals surface area contributed by atoms with E-state index in [1.165, 1.54) is 0 Å². The Balaban J connectivity index is 3.06. The van der Waals surface area contributed by atoms with Crippen LogP contribution in [0, 0.1) is 0 Å². The van der Waals surface area contributed by atoms with Crippen LogP contribution in [0.15, 0.2) is 35.3 Å². The van der Waals surface area contributed by atoms with Crippen LogP contribution < -0.4 is 33.2 Å². The summed E-state index contributed by atoms with van der Waals surface area (Å²) in [6.07, 6.45) is -0.357. The van der Waals surface area contributed by atoms with Gasteiger partial charge in [0.1, 0.15) is 18.1 Å². The molecule has 0 fully saturated rings. The number of benzene rings is 1. The Hall–Kier alpha value is -4.20. The topological polar surface area (TPSA) is 252 Å². The lowest BCUT2D eigenvalue weighted by Crippen LogP contribution is -2.56. The van der Waals surface area contributed by atoms with Crippen LogP contribution in [-0.4, -0.2) is 77.0 Å². The number of rotatable bonds is 16. The van der Waals surface area contributed by atoms with Crippen molar-refractivity contribution in [3.05, 3.63) is 35.9 Å². The SMILES string of the molecule is NCC(=O)NC(CCCN=C(N)N)C(=O)NC(Cc1ccccc1)C(=O)NC(CCC(=O)O)C(=O)O. The minimum absolute atomic E-state index is 0.00917. The third-order valence-electron chi connectivity index (χ3n) is 4.96. The fourth-order valence-corrected chi connectivity index (χ4v) is 3.15. The van der Waals surface area contributed by atoms with E-state index in [1.54, 1.807) is 30.3 Å². The maximum Gasteiger partial charge on any atom is 0.326 e. The number of carboxylic acid groups (broad SMARTS) is 2. The Labute approximate surface area is 207 Å². The van der Waals surface area contributed by atoms with Gasteiger partial charge in [-0.1, -0.05) is 30.3 Å². The zero-order chi connectivity index (χ0) is 27.1. The Morgan fingerprint density at radius 1 is 0.861 bits per heavy atom. The van der Waals surface area contributed by atoms with Crippen LogP contribution >= 0.6 is 0 Å². The molecule has 14 heteroatoms. The Kier molecular flexibility index (Phi) is 13.0. The first-order valence-corrected chi connectivity index (χ1v) is 11.2. The number of carboxylic acids is 2. The van der Waals surface area contributed by atoms with E-state index in [4.69, 9.17) is 22.3 Å². The van der Waals surface area contributed by atoms with Gasteiger partial charge in [-0.25, -0.2) is 4.79 Å². The molecule has 0 bridgehead atoms. The number of nitrogens with zero attached hydrogens (tertiary/aromatic N) is 1. The number of amides is 3. The normalized spacial score (nSPS) is 12.9. The predicted molar refractivity (Wildman–Crippen MR) is 129 cm³/mol. The molecule has 0 heterocycles. The van der Waals surface area contributed by atoms with E-state index in [0.717, 1.165) is 0 Å². The van der Waals surface area contributed by atoms with Crippen LogP contribution in [0.4, 0.5) is 0 Å². The molecule has 3 amide bonds. The summed E-state index contributed by atoms with van der Waals surface area (Å²) in [5, 5.41) is 25.5. The number of carbonyl (C=O) groups excluding carboxylic acids is 3. The zero-order valence-corrected chi connectivity index (χ0v) is 19.7. The summed E-state index contributed by atoms with van der Waals surface area (Å²) < 4.78 is 0. The fourth-order valence-electron chi connectivity index (χ4n) is 3.15. The minimum atomic E-state index is -1.48. The van der Waals surface area contributed by atoms with Crippen molar-refractivity contribution in [2.75, 3.05) is 13.1 Å². The lowest BCUT2D eigenvalue weighted by Gasteiger charge is -2.24. The van der Waals surface area contributed by atoms with Crippen molar-refractivity contribution >= 4 is 35.6 Å². The van der Waals surface area contributed by atoms with Crippen LogP contribution in [0.3, 0.4) is 0 Å². The molecule has 14 nitrogen and oxygen atoms in total. The first-order valence-electron chi connectivity index (χ1n) is 11.2. The number of nitrogens with one attached hydrogen (secondary N) is 3. The van der Waals surface area contributed by atoms with E-state index in [0.29, 0.717) is 12.0 Å². The van der Waals surface area contributed by atoms with Gasteiger partial charge in [0.05, 0.1) is 6.54 Å². The van der Waals surface area contributed by atoms with Crippen molar-refractivity contribution in [2.45, 2.75) is 50.2 Å². The quantitative estimate of drug-likeness (QED) is 0.0671. The molecule has 1 rings (SSSR count). The summed E-state index contributed by atoms with van der Waals surface area (Å²) in [7, 11) is 0. The van der Waals surface area contributed by atoms with Gasteiger partial charge in [0, 0.05) is 19.4 Å². The molecular formula is C22H33N7O7. The zero-order valence-electron chi connectivity index (χ0n) is 19.7. The van der Waals surface area contributed by atoms with E-state index in [9.17, 15) is 29.1 Å². The number of aliphatic imine (C=N–C) groups is 1. The van der Waals surface area contributed by atoms with Crippen LogP contribution in [0.5, 0.6) is 0 Å².